The standard InChI is InChI=1S/C13H16BrN3O/c1-8(2)11(16)6-13(18)17-12-4-3-10(14)5-9(12)7-15/h3-5,8,11H,6,16H2,1-2H3,(H,17,18). The van der Waals surface area contributed by atoms with Crippen molar-refractivity contribution in [1.82, 2.24) is 0 Å². The lowest BCUT2D eigenvalue weighted by Gasteiger charge is -2.15. The molecule has 0 fully saturated rings. The van der Waals surface area contributed by atoms with Gasteiger partial charge in [-0.3, -0.25) is 4.79 Å². The van der Waals surface area contributed by atoms with Gasteiger partial charge in [0.05, 0.1) is 11.3 Å². The highest BCUT2D eigenvalue weighted by atomic mass is 79.9. The van der Waals surface area contributed by atoms with Crippen molar-refractivity contribution in [1.29, 1.82) is 5.26 Å². The van der Waals surface area contributed by atoms with E-state index in [1.165, 1.54) is 0 Å². The van der Waals surface area contributed by atoms with Crippen LogP contribution >= 0.6 is 15.9 Å². The van der Waals surface area contributed by atoms with Crippen LogP contribution in [0, 0.1) is 17.2 Å². The Kier molecular flexibility index (Phi) is 5.32. The van der Waals surface area contributed by atoms with E-state index in [1.54, 1.807) is 18.2 Å². The minimum atomic E-state index is -0.175. The molecule has 1 aromatic rings. The summed E-state index contributed by atoms with van der Waals surface area (Å²) in [4.78, 5) is 11.8. The van der Waals surface area contributed by atoms with Gasteiger partial charge in [0.15, 0.2) is 0 Å². The van der Waals surface area contributed by atoms with Gasteiger partial charge in [0.1, 0.15) is 6.07 Å². The average Bonchev–Trinajstić information content (AvgIpc) is 2.31. The van der Waals surface area contributed by atoms with Gasteiger partial charge in [0.2, 0.25) is 5.91 Å². The molecular formula is C13H16BrN3O. The van der Waals surface area contributed by atoms with E-state index in [4.69, 9.17) is 11.0 Å². The van der Waals surface area contributed by atoms with Crippen molar-refractivity contribution < 1.29 is 4.79 Å². The molecule has 1 atom stereocenters. The summed E-state index contributed by atoms with van der Waals surface area (Å²) in [6.07, 6.45) is 0.249. The summed E-state index contributed by atoms with van der Waals surface area (Å²) in [6.45, 7) is 3.94. The first-order valence-electron chi connectivity index (χ1n) is 5.69. The summed E-state index contributed by atoms with van der Waals surface area (Å²) in [5.41, 5.74) is 6.77. The molecule has 96 valence electrons. The fraction of sp³-hybridized carbons (Fsp3) is 0.385. The van der Waals surface area contributed by atoms with Crippen LogP contribution in [-0.2, 0) is 4.79 Å². The zero-order valence-corrected chi connectivity index (χ0v) is 12.0. The van der Waals surface area contributed by atoms with Crippen LogP contribution < -0.4 is 11.1 Å². The van der Waals surface area contributed by atoms with E-state index in [9.17, 15) is 4.79 Å². The molecule has 0 radical (unpaired) electrons. The summed E-state index contributed by atoms with van der Waals surface area (Å²) in [7, 11) is 0. The van der Waals surface area contributed by atoms with Crippen LogP contribution in [0.2, 0.25) is 0 Å². The number of amides is 1. The van der Waals surface area contributed by atoms with Gasteiger partial charge in [-0.15, -0.1) is 0 Å². The van der Waals surface area contributed by atoms with Crippen LogP contribution in [0.4, 0.5) is 5.69 Å². The molecule has 0 aromatic heterocycles. The van der Waals surface area contributed by atoms with Crippen molar-refractivity contribution in [3.8, 4) is 6.07 Å². The molecule has 0 saturated heterocycles. The monoisotopic (exact) mass is 309 g/mol. The number of nitrogens with two attached hydrogens (primary N) is 1. The number of carbonyl (C=O) groups is 1. The number of rotatable bonds is 4. The van der Waals surface area contributed by atoms with Gasteiger partial charge >= 0.3 is 0 Å². The quantitative estimate of drug-likeness (QED) is 0.897. The summed E-state index contributed by atoms with van der Waals surface area (Å²) in [5, 5.41) is 11.7. The maximum absolute atomic E-state index is 11.8. The number of nitrogens with zero attached hydrogens (tertiary/aromatic N) is 1. The number of nitrogens with one attached hydrogen (secondary N) is 1. The molecule has 1 aromatic carbocycles. The third-order valence-corrected chi connectivity index (χ3v) is 3.15. The largest absolute Gasteiger partial charge is 0.327 e. The lowest BCUT2D eigenvalue weighted by molar-refractivity contribution is -0.116. The van der Waals surface area contributed by atoms with E-state index in [0.717, 1.165) is 4.47 Å². The predicted molar refractivity (Wildman–Crippen MR) is 74.9 cm³/mol. The number of nitriles is 1. The first-order chi connectivity index (χ1) is 8.43. The average molecular weight is 310 g/mol. The van der Waals surface area contributed by atoms with E-state index < -0.39 is 0 Å². The van der Waals surface area contributed by atoms with E-state index in [-0.39, 0.29) is 24.3 Å². The first-order valence-corrected chi connectivity index (χ1v) is 6.48. The summed E-state index contributed by atoms with van der Waals surface area (Å²) < 4.78 is 0.802. The van der Waals surface area contributed by atoms with Gasteiger partial charge in [-0.25, -0.2) is 0 Å². The SMILES string of the molecule is CC(C)C(N)CC(=O)Nc1ccc(Br)cc1C#N. The minimum absolute atomic E-state index is 0.171. The Morgan fingerprint density at radius 1 is 1.56 bits per heavy atom. The second kappa shape index (κ2) is 6.53. The van der Waals surface area contributed by atoms with Crippen molar-refractivity contribution in [2.45, 2.75) is 26.3 Å². The number of anilines is 1. The number of halogens is 1. The van der Waals surface area contributed by atoms with Crippen LogP contribution in [0.5, 0.6) is 0 Å². The number of benzene rings is 1. The van der Waals surface area contributed by atoms with Gasteiger partial charge in [-0.05, 0) is 24.1 Å². The Labute approximate surface area is 115 Å². The number of hydrogen-bond donors (Lipinski definition) is 2. The van der Waals surface area contributed by atoms with Gasteiger partial charge in [-0.1, -0.05) is 29.8 Å². The zero-order chi connectivity index (χ0) is 13.7. The molecule has 3 N–H and O–H groups in total. The Morgan fingerprint density at radius 2 is 2.22 bits per heavy atom. The molecule has 0 saturated carbocycles. The molecule has 0 heterocycles. The van der Waals surface area contributed by atoms with Crippen molar-refractivity contribution in [3.63, 3.8) is 0 Å². The van der Waals surface area contributed by atoms with Crippen molar-refractivity contribution in [2.24, 2.45) is 11.7 Å². The predicted octanol–water partition coefficient (Wildman–Crippen LogP) is 2.63. The maximum Gasteiger partial charge on any atom is 0.225 e. The highest BCUT2D eigenvalue weighted by Crippen LogP contribution is 2.20. The van der Waals surface area contributed by atoms with Gasteiger partial charge in [0, 0.05) is 16.9 Å². The number of carbonyl (C=O) groups excluding carboxylic acids is 1. The Hall–Kier alpha value is -1.38. The fourth-order valence-corrected chi connectivity index (χ4v) is 1.73. The molecule has 0 aliphatic heterocycles. The molecule has 0 spiro atoms. The van der Waals surface area contributed by atoms with Crippen molar-refractivity contribution in [3.05, 3.63) is 28.2 Å². The number of hydrogen-bond acceptors (Lipinski definition) is 3. The van der Waals surface area contributed by atoms with Crippen LogP contribution in [0.1, 0.15) is 25.8 Å². The van der Waals surface area contributed by atoms with Crippen LogP contribution in [0.3, 0.4) is 0 Å². The van der Waals surface area contributed by atoms with Crippen molar-refractivity contribution >= 4 is 27.5 Å². The molecule has 0 aliphatic rings. The minimum Gasteiger partial charge on any atom is -0.327 e. The zero-order valence-electron chi connectivity index (χ0n) is 10.4. The third-order valence-electron chi connectivity index (χ3n) is 2.65. The van der Waals surface area contributed by atoms with Crippen LogP contribution in [-0.4, -0.2) is 11.9 Å². The summed E-state index contributed by atoms with van der Waals surface area (Å²) in [5.74, 6) is 0.0751. The fourth-order valence-electron chi connectivity index (χ4n) is 1.37. The summed E-state index contributed by atoms with van der Waals surface area (Å²) in [6, 6.07) is 7.00. The Balaban J connectivity index is 2.74. The normalized spacial score (nSPS) is 12.0. The molecule has 1 unspecified atom stereocenters. The van der Waals surface area contributed by atoms with E-state index in [1.807, 2.05) is 19.9 Å². The smallest absolute Gasteiger partial charge is 0.225 e. The van der Waals surface area contributed by atoms with Crippen LogP contribution in [0.15, 0.2) is 22.7 Å². The Morgan fingerprint density at radius 3 is 2.78 bits per heavy atom. The molecule has 0 aliphatic carbocycles. The molecule has 1 amide bonds. The molecule has 0 bridgehead atoms. The molecule has 4 nitrogen and oxygen atoms in total. The topological polar surface area (TPSA) is 78.9 Å². The third kappa shape index (κ3) is 4.13. The van der Waals surface area contributed by atoms with E-state index in [2.05, 4.69) is 21.2 Å². The lowest BCUT2D eigenvalue weighted by Crippen LogP contribution is -2.31. The second-order valence-corrected chi connectivity index (χ2v) is 5.38. The molecular weight excluding hydrogens is 294 g/mol. The highest BCUT2D eigenvalue weighted by molar-refractivity contribution is 9.10. The first kappa shape index (κ1) is 14.7. The van der Waals surface area contributed by atoms with Gasteiger partial charge in [0.25, 0.3) is 0 Å². The highest BCUT2D eigenvalue weighted by Gasteiger charge is 2.14. The van der Waals surface area contributed by atoms with Gasteiger partial charge < -0.3 is 11.1 Å². The second-order valence-electron chi connectivity index (χ2n) is 4.46. The van der Waals surface area contributed by atoms with Gasteiger partial charge in [-0.2, -0.15) is 5.26 Å². The lowest BCUT2D eigenvalue weighted by atomic mass is 10.0. The van der Waals surface area contributed by atoms with E-state index in [0.29, 0.717) is 11.3 Å². The Bertz CT molecular complexity index is 480. The summed E-state index contributed by atoms with van der Waals surface area (Å²) >= 11 is 3.28. The van der Waals surface area contributed by atoms with Crippen LogP contribution in [0.25, 0.3) is 0 Å². The van der Waals surface area contributed by atoms with Crippen molar-refractivity contribution in [2.75, 3.05) is 5.32 Å². The molecule has 18 heavy (non-hydrogen) atoms. The molecule has 1 rings (SSSR count). The van der Waals surface area contributed by atoms with E-state index >= 15 is 0 Å². The maximum atomic E-state index is 11.8. The molecule has 5 heteroatoms.